The Morgan fingerprint density at radius 1 is 1.37 bits per heavy atom. The number of piperidine rings is 1. The van der Waals surface area contributed by atoms with Gasteiger partial charge in [0.15, 0.2) is 0 Å². The molecule has 0 amide bonds. The molecule has 1 unspecified atom stereocenters. The number of carboxylic acid groups (broad SMARTS) is 1. The standard InChI is InChI=1S/C13H22F3NO2/c1-10(4-3-5-13(14,15)16)17-8-6-12(2,7-9-17)11(18)19/h10H,3-9H2,1-2H3,(H,18,19). The van der Waals surface area contributed by atoms with Crippen LogP contribution < -0.4 is 0 Å². The van der Waals surface area contributed by atoms with Gasteiger partial charge in [-0.2, -0.15) is 13.2 Å². The highest BCUT2D eigenvalue weighted by atomic mass is 19.4. The largest absolute Gasteiger partial charge is 0.481 e. The highest BCUT2D eigenvalue weighted by Crippen LogP contribution is 2.32. The molecule has 0 bridgehead atoms. The van der Waals surface area contributed by atoms with E-state index in [1.807, 2.05) is 6.92 Å². The van der Waals surface area contributed by atoms with Crippen LogP contribution in [0, 0.1) is 5.41 Å². The molecular formula is C13H22F3NO2. The third-order valence-electron chi connectivity index (χ3n) is 4.12. The Labute approximate surface area is 111 Å². The van der Waals surface area contributed by atoms with Crippen molar-refractivity contribution < 1.29 is 23.1 Å². The average Bonchev–Trinajstić information content (AvgIpc) is 2.27. The first-order valence-corrected chi connectivity index (χ1v) is 6.68. The van der Waals surface area contributed by atoms with E-state index in [9.17, 15) is 18.0 Å². The Morgan fingerprint density at radius 2 is 1.89 bits per heavy atom. The van der Waals surface area contributed by atoms with E-state index in [0.717, 1.165) is 0 Å². The smallest absolute Gasteiger partial charge is 0.389 e. The van der Waals surface area contributed by atoms with E-state index < -0.39 is 24.0 Å². The summed E-state index contributed by atoms with van der Waals surface area (Å²) in [5.41, 5.74) is -0.678. The van der Waals surface area contributed by atoms with Crippen molar-refractivity contribution in [3.05, 3.63) is 0 Å². The second-order valence-corrected chi connectivity index (χ2v) is 5.76. The normalized spacial score (nSPS) is 22.2. The first-order valence-electron chi connectivity index (χ1n) is 6.68. The average molecular weight is 281 g/mol. The van der Waals surface area contributed by atoms with Crippen LogP contribution in [0.1, 0.15) is 46.0 Å². The fraction of sp³-hybridized carbons (Fsp3) is 0.923. The molecule has 1 aliphatic heterocycles. The lowest BCUT2D eigenvalue weighted by molar-refractivity contribution is -0.151. The summed E-state index contributed by atoms with van der Waals surface area (Å²) in [6.07, 6.45) is -3.06. The Bertz CT molecular complexity index is 310. The summed E-state index contributed by atoms with van der Waals surface area (Å²) in [6, 6.07) is 0.0840. The van der Waals surface area contributed by atoms with Gasteiger partial charge < -0.3 is 10.0 Å². The van der Waals surface area contributed by atoms with Gasteiger partial charge in [0.1, 0.15) is 0 Å². The monoisotopic (exact) mass is 281 g/mol. The molecule has 1 fully saturated rings. The summed E-state index contributed by atoms with van der Waals surface area (Å²) in [5, 5.41) is 9.11. The molecule has 1 atom stereocenters. The minimum Gasteiger partial charge on any atom is -0.481 e. The number of alkyl halides is 3. The van der Waals surface area contributed by atoms with Crippen LogP contribution in [0.3, 0.4) is 0 Å². The summed E-state index contributed by atoms with van der Waals surface area (Å²) in [4.78, 5) is 13.2. The number of aliphatic carboxylic acids is 1. The Balaban J connectivity index is 2.33. The fourth-order valence-electron chi connectivity index (χ4n) is 2.45. The second-order valence-electron chi connectivity index (χ2n) is 5.76. The molecule has 1 saturated heterocycles. The zero-order valence-corrected chi connectivity index (χ0v) is 11.5. The number of rotatable bonds is 5. The van der Waals surface area contributed by atoms with Crippen molar-refractivity contribution in [3.8, 4) is 0 Å². The fourth-order valence-corrected chi connectivity index (χ4v) is 2.45. The quantitative estimate of drug-likeness (QED) is 0.840. The minimum atomic E-state index is -4.08. The molecule has 3 nitrogen and oxygen atoms in total. The van der Waals surface area contributed by atoms with E-state index >= 15 is 0 Å². The SMILES string of the molecule is CC(CCCC(F)(F)F)N1CCC(C)(C(=O)O)CC1. The van der Waals surface area contributed by atoms with Gasteiger partial charge in [0.25, 0.3) is 0 Å². The van der Waals surface area contributed by atoms with Crippen LogP contribution in [0.5, 0.6) is 0 Å². The van der Waals surface area contributed by atoms with E-state index in [1.54, 1.807) is 6.92 Å². The maximum absolute atomic E-state index is 12.1. The summed E-state index contributed by atoms with van der Waals surface area (Å²) >= 11 is 0. The first kappa shape index (κ1) is 16.3. The Kier molecular flexibility index (Phi) is 5.24. The molecule has 1 rings (SSSR count). The third kappa shape index (κ3) is 5.01. The lowest BCUT2D eigenvalue weighted by atomic mass is 9.80. The van der Waals surface area contributed by atoms with Gasteiger partial charge in [-0.15, -0.1) is 0 Å². The molecule has 0 radical (unpaired) electrons. The number of carbonyl (C=O) groups is 1. The van der Waals surface area contributed by atoms with Crippen molar-refractivity contribution in [1.82, 2.24) is 4.90 Å². The summed E-state index contributed by atoms with van der Waals surface area (Å²) in [6.45, 7) is 4.95. The zero-order chi connectivity index (χ0) is 14.7. The van der Waals surface area contributed by atoms with Gasteiger partial charge in [0, 0.05) is 12.5 Å². The molecule has 1 heterocycles. The topological polar surface area (TPSA) is 40.5 Å². The lowest BCUT2D eigenvalue weighted by Gasteiger charge is -2.39. The van der Waals surface area contributed by atoms with Crippen molar-refractivity contribution in [2.75, 3.05) is 13.1 Å². The van der Waals surface area contributed by atoms with Gasteiger partial charge in [-0.1, -0.05) is 0 Å². The predicted molar refractivity (Wildman–Crippen MR) is 65.9 cm³/mol. The van der Waals surface area contributed by atoms with Crippen LogP contribution in [-0.2, 0) is 4.79 Å². The maximum Gasteiger partial charge on any atom is 0.389 e. The van der Waals surface area contributed by atoms with Crippen LogP contribution in [0.2, 0.25) is 0 Å². The number of halogens is 3. The number of hydrogen-bond acceptors (Lipinski definition) is 2. The highest BCUT2D eigenvalue weighted by molar-refractivity contribution is 5.74. The maximum atomic E-state index is 12.1. The zero-order valence-electron chi connectivity index (χ0n) is 11.5. The summed E-state index contributed by atoms with van der Waals surface area (Å²) in [7, 11) is 0. The molecule has 1 N–H and O–H groups in total. The molecule has 112 valence electrons. The van der Waals surface area contributed by atoms with Gasteiger partial charge in [0.05, 0.1) is 5.41 Å². The second kappa shape index (κ2) is 6.11. The van der Waals surface area contributed by atoms with Gasteiger partial charge in [-0.05, 0) is 52.6 Å². The molecule has 1 aliphatic rings. The highest BCUT2D eigenvalue weighted by Gasteiger charge is 2.37. The number of likely N-dealkylation sites (tertiary alicyclic amines) is 1. The molecule has 0 aromatic heterocycles. The van der Waals surface area contributed by atoms with Crippen molar-refractivity contribution in [1.29, 1.82) is 0 Å². The van der Waals surface area contributed by atoms with Gasteiger partial charge in [-0.3, -0.25) is 4.79 Å². The molecule has 19 heavy (non-hydrogen) atoms. The molecular weight excluding hydrogens is 259 g/mol. The first-order chi connectivity index (χ1) is 8.64. The Hall–Kier alpha value is -0.780. The van der Waals surface area contributed by atoms with E-state index in [-0.39, 0.29) is 12.5 Å². The van der Waals surface area contributed by atoms with Crippen LogP contribution >= 0.6 is 0 Å². The summed E-state index contributed by atoms with van der Waals surface area (Å²) in [5.74, 6) is -0.781. The lowest BCUT2D eigenvalue weighted by Crippen LogP contribution is -2.46. The van der Waals surface area contributed by atoms with E-state index in [2.05, 4.69) is 4.90 Å². The van der Waals surface area contributed by atoms with Gasteiger partial charge >= 0.3 is 12.1 Å². The molecule has 0 aliphatic carbocycles. The predicted octanol–water partition coefficient (Wildman–Crippen LogP) is 3.29. The molecule has 6 heteroatoms. The number of nitrogens with zero attached hydrogens (tertiary/aromatic N) is 1. The van der Waals surface area contributed by atoms with Gasteiger partial charge in [-0.25, -0.2) is 0 Å². The third-order valence-corrected chi connectivity index (χ3v) is 4.12. The van der Waals surface area contributed by atoms with Crippen LogP contribution in [0.25, 0.3) is 0 Å². The molecule has 0 aromatic carbocycles. The van der Waals surface area contributed by atoms with E-state index in [4.69, 9.17) is 5.11 Å². The van der Waals surface area contributed by atoms with E-state index in [1.165, 1.54) is 0 Å². The molecule has 0 spiro atoms. The minimum absolute atomic E-state index is 0.0840. The number of carboxylic acids is 1. The number of hydrogen-bond donors (Lipinski definition) is 1. The molecule has 0 saturated carbocycles. The van der Waals surface area contributed by atoms with Crippen molar-refractivity contribution >= 4 is 5.97 Å². The van der Waals surface area contributed by atoms with Crippen molar-refractivity contribution in [2.24, 2.45) is 5.41 Å². The van der Waals surface area contributed by atoms with Crippen molar-refractivity contribution in [3.63, 3.8) is 0 Å². The van der Waals surface area contributed by atoms with Crippen LogP contribution in [-0.4, -0.2) is 41.3 Å². The Morgan fingerprint density at radius 3 is 2.32 bits per heavy atom. The van der Waals surface area contributed by atoms with Gasteiger partial charge in [0.2, 0.25) is 0 Å². The van der Waals surface area contributed by atoms with Crippen LogP contribution in [0.15, 0.2) is 0 Å². The van der Waals surface area contributed by atoms with Crippen LogP contribution in [0.4, 0.5) is 13.2 Å². The van der Waals surface area contributed by atoms with E-state index in [0.29, 0.717) is 32.4 Å². The molecule has 0 aromatic rings. The van der Waals surface area contributed by atoms with Crippen molar-refractivity contribution in [2.45, 2.75) is 58.2 Å². The summed E-state index contributed by atoms with van der Waals surface area (Å²) < 4.78 is 36.2.